The van der Waals surface area contributed by atoms with Crippen LogP contribution in [0.4, 0.5) is 29.1 Å². The standard InChI is InChI=1S/C19H12F4N10O/c1-9-13(6-10(7-24)17(29-9)33-26-4-5-27-33)30-18(34)11-8-28-32(15(11)19(21,22)23)14-3-2-12(20)16(25)31-14/h2-6,8H,1H3,(H2,25,31)(H,30,34). The first-order chi connectivity index (χ1) is 16.1. The molecule has 0 radical (unpaired) electrons. The molecule has 4 heterocycles. The summed E-state index contributed by atoms with van der Waals surface area (Å²) in [5.41, 5.74) is 3.20. The number of aromatic nitrogens is 7. The van der Waals surface area contributed by atoms with E-state index in [1.54, 1.807) is 0 Å². The summed E-state index contributed by atoms with van der Waals surface area (Å²) in [6, 6.07) is 4.87. The number of nitriles is 1. The van der Waals surface area contributed by atoms with Gasteiger partial charge in [0, 0.05) is 0 Å². The van der Waals surface area contributed by atoms with Gasteiger partial charge >= 0.3 is 6.18 Å². The molecule has 4 rings (SSSR count). The number of rotatable bonds is 4. The van der Waals surface area contributed by atoms with Crippen LogP contribution in [0, 0.1) is 24.1 Å². The summed E-state index contributed by atoms with van der Waals surface area (Å²) in [4.78, 5) is 21.6. The van der Waals surface area contributed by atoms with E-state index in [0.29, 0.717) is 10.9 Å². The molecule has 11 nitrogen and oxygen atoms in total. The second-order valence-electron chi connectivity index (χ2n) is 6.73. The Labute approximate surface area is 187 Å². The van der Waals surface area contributed by atoms with E-state index in [0.717, 1.165) is 16.9 Å². The summed E-state index contributed by atoms with van der Waals surface area (Å²) < 4.78 is 55.3. The molecule has 172 valence electrons. The monoisotopic (exact) mass is 472 g/mol. The van der Waals surface area contributed by atoms with E-state index in [2.05, 4.69) is 30.6 Å². The lowest BCUT2D eigenvalue weighted by molar-refractivity contribution is -0.143. The molecule has 0 aliphatic heterocycles. The fraction of sp³-hybridized carbons (Fsp3) is 0.105. The van der Waals surface area contributed by atoms with E-state index >= 15 is 0 Å². The number of aryl methyl sites for hydroxylation is 1. The number of nitrogens with zero attached hydrogens (tertiary/aromatic N) is 8. The molecule has 15 heteroatoms. The molecule has 4 aromatic rings. The molecular formula is C19H12F4N10O. The number of alkyl halides is 3. The van der Waals surface area contributed by atoms with Crippen LogP contribution >= 0.6 is 0 Å². The van der Waals surface area contributed by atoms with Crippen LogP contribution in [0.1, 0.15) is 27.3 Å². The molecule has 3 N–H and O–H groups in total. The van der Waals surface area contributed by atoms with Gasteiger partial charge in [-0.3, -0.25) is 4.79 Å². The molecule has 0 aliphatic carbocycles. The largest absolute Gasteiger partial charge is 0.434 e. The van der Waals surface area contributed by atoms with Gasteiger partial charge in [0.25, 0.3) is 5.91 Å². The van der Waals surface area contributed by atoms with Crippen molar-refractivity contribution in [3.05, 3.63) is 65.1 Å². The van der Waals surface area contributed by atoms with Crippen molar-refractivity contribution in [2.24, 2.45) is 0 Å². The highest BCUT2D eigenvalue weighted by atomic mass is 19.4. The third-order valence-corrected chi connectivity index (χ3v) is 4.53. The molecule has 0 atom stereocenters. The van der Waals surface area contributed by atoms with Crippen LogP contribution in [0.5, 0.6) is 0 Å². The molecule has 0 bridgehead atoms. The van der Waals surface area contributed by atoms with E-state index in [9.17, 15) is 27.6 Å². The molecule has 1 amide bonds. The fourth-order valence-corrected chi connectivity index (χ4v) is 2.99. The minimum atomic E-state index is -5.03. The average molecular weight is 472 g/mol. The molecule has 0 aromatic carbocycles. The molecule has 34 heavy (non-hydrogen) atoms. The topological polar surface area (TPSA) is 153 Å². The van der Waals surface area contributed by atoms with Gasteiger partial charge in [0.2, 0.25) is 0 Å². The zero-order valence-electron chi connectivity index (χ0n) is 17.0. The number of nitrogens with one attached hydrogen (secondary N) is 1. The molecule has 0 saturated heterocycles. The van der Waals surface area contributed by atoms with Crippen LogP contribution in [-0.2, 0) is 6.18 Å². The van der Waals surface area contributed by atoms with Gasteiger partial charge in [0.1, 0.15) is 11.6 Å². The summed E-state index contributed by atoms with van der Waals surface area (Å²) in [5, 5.41) is 23.1. The highest BCUT2D eigenvalue weighted by molar-refractivity contribution is 6.05. The molecule has 4 aromatic heterocycles. The summed E-state index contributed by atoms with van der Waals surface area (Å²) in [7, 11) is 0. The Balaban J connectivity index is 1.74. The van der Waals surface area contributed by atoms with Gasteiger partial charge in [-0.15, -0.1) is 4.80 Å². The van der Waals surface area contributed by atoms with Crippen molar-refractivity contribution in [2.45, 2.75) is 13.1 Å². The minimum Gasteiger partial charge on any atom is -0.381 e. The third-order valence-electron chi connectivity index (χ3n) is 4.53. The summed E-state index contributed by atoms with van der Waals surface area (Å²) >= 11 is 0. The summed E-state index contributed by atoms with van der Waals surface area (Å²) in [5.74, 6) is -3.10. The van der Waals surface area contributed by atoms with E-state index in [1.165, 1.54) is 25.4 Å². The Hall–Kier alpha value is -4.87. The van der Waals surface area contributed by atoms with Crippen molar-refractivity contribution < 1.29 is 22.4 Å². The number of carbonyl (C=O) groups excluding carboxylic acids is 1. The molecular weight excluding hydrogens is 460 g/mol. The second-order valence-corrected chi connectivity index (χ2v) is 6.73. The number of hydrogen-bond donors (Lipinski definition) is 2. The predicted molar refractivity (Wildman–Crippen MR) is 107 cm³/mol. The Morgan fingerprint density at radius 2 is 1.88 bits per heavy atom. The average Bonchev–Trinajstić information content (AvgIpc) is 3.46. The highest BCUT2D eigenvalue weighted by Gasteiger charge is 2.41. The lowest BCUT2D eigenvalue weighted by Gasteiger charge is -2.14. The van der Waals surface area contributed by atoms with Crippen molar-refractivity contribution in [2.75, 3.05) is 11.1 Å². The van der Waals surface area contributed by atoms with Crippen molar-refractivity contribution in [1.82, 2.24) is 34.7 Å². The van der Waals surface area contributed by atoms with Crippen LogP contribution in [0.25, 0.3) is 11.6 Å². The normalized spacial score (nSPS) is 11.3. The molecule has 0 aliphatic rings. The Kier molecular flexibility index (Phi) is 5.41. The maximum Gasteiger partial charge on any atom is 0.434 e. The van der Waals surface area contributed by atoms with Gasteiger partial charge in [0.05, 0.1) is 35.5 Å². The Morgan fingerprint density at radius 3 is 2.50 bits per heavy atom. The maximum absolute atomic E-state index is 13.9. The van der Waals surface area contributed by atoms with Gasteiger partial charge in [-0.05, 0) is 25.1 Å². The van der Waals surface area contributed by atoms with E-state index in [-0.39, 0.29) is 22.8 Å². The van der Waals surface area contributed by atoms with Gasteiger partial charge in [-0.2, -0.15) is 33.7 Å². The van der Waals surface area contributed by atoms with Gasteiger partial charge in [-0.25, -0.2) is 19.0 Å². The lowest BCUT2D eigenvalue weighted by atomic mass is 10.2. The van der Waals surface area contributed by atoms with Crippen LogP contribution in [0.3, 0.4) is 0 Å². The van der Waals surface area contributed by atoms with Crippen molar-refractivity contribution in [3.8, 4) is 17.7 Å². The van der Waals surface area contributed by atoms with Crippen LogP contribution < -0.4 is 11.1 Å². The van der Waals surface area contributed by atoms with Gasteiger partial charge in [-0.1, -0.05) is 0 Å². The van der Waals surface area contributed by atoms with E-state index in [4.69, 9.17) is 5.73 Å². The highest BCUT2D eigenvalue weighted by Crippen LogP contribution is 2.34. The zero-order valence-corrected chi connectivity index (χ0v) is 17.0. The fourth-order valence-electron chi connectivity index (χ4n) is 2.99. The number of halogens is 4. The van der Waals surface area contributed by atoms with Gasteiger partial charge < -0.3 is 11.1 Å². The first kappa shape index (κ1) is 22.3. The number of nitrogen functional groups attached to an aromatic ring is 1. The Morgan fingerprint density at radius 1 is 1.18 bits per heavy atom. The lowest BCUT2D eigenvalue weighted by Crippen LogP contribution is -2.22. The summed E-state index contributed by atoms with van der Waals surface area (Å²) in [6.07, 6.45) is -1.61. The minimum absolute atomic E-state index is 0.0116. The van der Waals surface area contributed by atoms with Crippen molar-refractivity contribution in [1.29, 1.82) is 5.26 Å². The first-order valence-corrected chi connectivity index (χ1v) is 9.27. The number of nitrogens with two attached hydrogens (primary N) is 1. The molecule has 0 spiro atoms. The summed E-state index contributed by atoms with van der Waals surface area (Å²) in [6.45, 7) is 1.48. The first-order valence-electron chi connectivity index (χ1n) is 9.27. The van der Waals surface area contributed by atoms with Crippen LogP contribution in [-0.4, -0.2) is 40.6 Å². The quantitative estimate of drug-likeness (QED) is 0.430. The number of hydrogen-bond acceptors (Lipinski definition) is 8. The van der Waals surface area contributed by atoms with Crippen molar-refractivity contribution in [3.63, 3.8) is 0 Å². The van der Waals surface area contributed by atoms with E-state index < -0.39 is 40.8 Å². The predicted octanol–water partition coefficient (Wildman–Crippen LogP) is 2.42. The number of pyridine rings is 2. The molecule has 0 saturated carbocycles. The third kappa shape index (κ3) is 3.99. The number of anilines is 2. The Bertz CT molecular complexity index is 1440. The zero-order chi connectivity index (χ0) is 24.6. The van der Waals surface area contributed by atoms with Crippen LogP contribution in [0.2, 0.25) is 0 Å². The molecule has 0 unspecified atom stereocenters. The van der Waals surface area contributed by atoms with Crippen LogP contribution in [0.15, 0.2) is 36.8 Å². The van der Waals surface area contributed by atoms with Crippen molar-refractivity contribution >= 4 is 17.4 Å². The molecule has 0 fully saturated rings. The SMILES string of the molecule is Cc1nc(-n2nccn2)c(C#N)cc1NC(=O)c1cnn(-c2ccc(F)c(N)n2)c1C(F)(F)F. The second kappa shape index (κ2) is 8.24. The number of carbonyl (C=O) groups is 1. The van der Waals surface area contributed by atoms with E-state index in [1.807, 2.05) is 6.07 Å². The van der Waals surface area contributed by atoms with Gasteiger partial charge in [0.15, 0.2) is 29.0 Å². The number of amides is 1. The smallest absolute Gasteiger partial charge is 0.381 e. The maximum atomic E-state index is 13.9.